The molecule has 2 aromatic rings. The van der Waals surface area contributed by atoms with Crippen LogP contribution in [0, 0.1) is 11.8 Å². The number of likely N-dealkylation sites (tertiary alicyclic amines) is 1. The Bertz CT molecular complexity index is 1100. The predicted octanol–water partition coefficient (Wildman–Crippen LogP) is 1.35. The van der Waals surface area contributed by atoms with Gasteiger partial charge >= 0.3 is 0 Å². The van der Waals surface area contributed by atoms with Crippen LogP contribution in [0.3, 0.4) is 0 Å². The number of H-pyrrole nitrogens is 1. The van der Waals surface area contributed by atoms with Gasteiger partial charge in [0.25, 0.3) is 5.91 Å². The maximum Gasteiger partial charge on any atom is 0.253 e. The van der Waals surface area contributed by atoms with Crippen LogP contribution in [0.4, 0.5) is 5.69 Å². The second-order valence-corrected chi connectivity index (χ2v) is 10.4. The van der Waals surface area contributed by atoms with Gasteiger partial charge in [0.2, 0.25) is 11.8 Å². The molecule has 2 aliphatic heterocycles. The first-order chi connectivity index (χ1) is 18.0. The number of rotatable bonds is 7. The highest BCUT2D eigenvalue weighted by molar-refractivity contribution is 5.95. The number of amides is 3. The molecule has 3 N–H and O–H groups in total. The molecule has 3 heterocycles. The van der Waals surface area contributed by atoms with Gasteiger partial charge in [0.05, 0.1) is 19.5 Å². The Balaban J connectivity index is 1.24. The molecule has 1 aromatic heterocycles. The number of carbonyl (C=O) groups is 3. The summed E-state index contributed by atoms with van der Waals surface area (Å²) in [6, 6.07) is 7.17. The number of hydrogen-bond donors (Lipinski definition) is 3. The van der Waals surface area contributed by atoms with Crippen LogP contribution in [0.1, 0.15) is 42.2 Å². The normalized spacial score (nSPS) is 24.3. The summed E-state index contributed by atoms with van der Waals surface area (Å²) < 4.78 is 5.46. The van der Waals surface area contributed by atoms with E-state index in [1.165, 1.54) is 6.92 Å². The molecule has 198 valence electrons. The SMILES string of the molecule is CC(=O)N[C@H](Cc1cnc[nH]1)C(=O)N[C@H]1CCC[C@@H]2CN(C(=O)c3cccc(N4CCOCC4)c3)C[C@H]21. The highest BCUT2D eigenvalue weighted by Crippen LogP contribution is 2.37. The van der Waals surface area contributed by atoms with Crippen LogP contribution in [0.15, 0.2) is 36.8 Å². The van der Waals surface area contributed by atoms with Crippen molar-refractivity contribution in [2.45, 2.75) is 44.7 Å². The number of morpholine rings is 1. The Hall–Kier alpha value is -3.40. The minimum Gasteiger partial charge on any atom is -0.378 e. The maximum atomic E-state index is 13.5. The first-order valence-corrected chi connectivity index (χ1v) is 13.2. The van der Waals surface area contributed by atoms with Gasteiger partial charge in [-0.1, -0.05) is 12.5 Å². The van der Waals surface area contributed by atoms with Crippen molar-refractivity contribution in [2.24, 2.45) is 11.8 Å². The number of hydrogen-bond acceptors (Lipinski definition) is 6. The lowest BCUT2D eigenvalue weighted by atomic mass is 9.78. The maximum absolute atomic E-state index is 13.5. The van der Waals surface area contributed by atoms with Crippen LogP contribution in [-0.4, -0.2) is 84.1 Å². The molecule has 5 rings (SSSR count). The van der Waals surface area contributed by atoms with Crippen molar-refractivity contribution < 1.29 is 19.1 Å². The summed E-state index contributed by atoms with van der Waals surface area (Å²) in [7, 11) is 0. The molecular weight excluding hydrogens is 472 g/mol. The van der Waals surface area contributed by atoms with Gasteiger partial charge in [-0.05, 0) is 37.0 Å². The fraction of sp³-hybridized carbons (Fsp3) is 0.556. The van der Waals surface area contributed by atoms with E-state index in [4.69, 9.17) is 4.74 Å². The van der Waals surface area contributed by atoms with Gasteiger partial charge in [-0.25, -0.2) is 4.98 Å². The van der Waals surface area contributed by atoms with Crippen LogP contribution in [0.5, 0.6) is 0 Å². The Morgan fingerprint density at radius 1 is 1.19 bits per heavy atom. The number of ether oxygens (including phenoxy) is 1. The van der Waals surface area contributed by atoms with E-state index in [0.29, 0.717) is 44.2 Å². The number of imidazole rings is 1. The van der Waals surface area contributed by atoms with Gasteiger partial charge in [0.15, 0.2) is 0 Å². The number of nitrogens with one attached hydrogen (secondary N) is 3. The van der Waals surface area contributed by atoms with Crippen molar-refractivity contribution in [2.75, 3.05) is 44.3 Å². The lowest BCUT2D eigenvalue weighted by molar-refractivity contribution is -0.129. The topological polar surface area (TPSA) is 120 Å². The summed E-state index contributed by atoms with van der Waals surface area (Å²) in [5, 5.41) is 5.99. The van der Waals surface area contributed by atoms with Crippen LogP contribution in [0.25, 0.3) is 0 Å². The second-order valence-electron chi connectivity index (χ2n) is 10.4. The summed E-state index contributed by atoms with van der Waals surface area (Å²) >= 11 is 0. The molecule has 2 saturated heterocycles. The summed E-state index contributed by atoms with van der Waals surface area (Å²) in [6.45, 7) is 5.80. The zero-order valence-corrected chi connectivity index (χ0v) is 21.3. The Kier molecular flexibility index (Phi) is 7.73. The van der Waals surface area contributed by atoms with Crippen molar-refractivity contribution in [1.82, 2.24) is 25.5 Å². The molecule has 0 radical (unpaired) electrons. The average Bonchev–Trinajstić information content (AvgIpc) is 3.59. The lowest BCUT2D eigenvalue weighted by Crippen LogP contribution is -2.53. The van der Waals surface area contributed by atoms with E-state index >= 15 is 0 Å². The van der Waals surface area contributed by atoms with Crippen molar-refractivity contribution in [3.63, 3.8) is 0 Å². The van der Waals surface area contributed by atoms with Crippen LogP contribution in [0.2, 0.25) is 0 Å². The monoisotopic (exact) mass is 508 g/mol. The predicted molar refractivity (Wildman–Crippen MR) is 138 cm³/mol. The van der Waals surface area contributed by atoms with Gasteiger partial charge in [0, 0.05) is 74.6 Å². The van der Waals surface area contributed by atoms with Gasteiger partial charge < -0.3 is 30.2 Å². The van der Waals surface area contributed by atoms with E-state index < -0.39 is 6.04 Å². The van der Waals surface area contributed by atoms with Gasteiger partial charge in [-0.2, -0.15) is 0 Å². The van der Waals surface area contributed by atoms with Crippen molar-refractivity contribution >= 4 is 23.4 Å². The van der Waals surface area contributed by atoms with E-state index in [2.05, 4.69) is 25.5 Å². The molecule has 10 heteroatoms. The molecule has 0 unspecified atom stereocenters. The fourth-order valence-corrected chi connectivity index (χ4v) is 6.01. The molecule has 0 bridgehead atoms. The average molecular weight is 509 g/mol. The molecular formula is C27H36N6O4. The van der Waals surface area contributed by atoms with E-state index in [9.17, 15) is 14.4 Å². The van der Waals surface area contributed by atoms with Crippen LogP contribution < -0.4 is 15.5 Å². The first-order valence-electron chi connectivity index (χ1n) is 13.2. The van der Waals surface area contributed by atoms with Gasteiger partial charge in [0.1, 0.15) is 6.04 Å². The van der Waals surface area contributed by atoms with Crippen molar-refractivity contribution in [3.05, 3.63) is 48.0 Å². The van der Waals surface area contributed by atoms with Crippen LogP contribution in [-0.2, 0) is 20.7 Å². The number of fused-ring (bicyclic) bond motifs is 1. The Labute approximate surface area is 217 Å². The molecule has 1 aliphatic carbocycles. The largest absolute Gasteiger partial charge is 0.378 e. The fourth-order valence-electron chi connectivity index (χ4n) is 6.01. The highest BCUT2D eigenvalue weighted by atomic mass is 16.5. The minimum absolute atomic E-state index is 0.0261. The third-order valence-electron chi connectivity index (χ3n) is 7.86. The number of anilines is 1. The first kappa shape index (κ1) is 25.3. The number of carbonyl (C=O) groups excluding carboxylic acids is 3. The van der Waals surface area contributed by atoms with Gasteiger partial charge in [-0.15, -0.1) is 0 Å². The summed E-state index contributed by atoms with van der Waals surface area (Å²) in [5.74, 6) is 0.160. The van der Waals surface area contributed by atoms with E-state index in [-0.39, 0.29) is 29.7 Å². The second kappa shape index (κ2) is 11.3. The zero-order valence-electron chi connectivity index (χ0n) is 21.3. The smallest absolute Gasteiger partial charge is 0.253 e. The Morgan fingerprint density at radius 2 is 2.03 bits per heavy atom. The molecule has 37 heavy (non-hydrogen) atoms. The quantitative estimate of drug-likeness (QED) is 0.520. The molecule has 3 amide bonds. The third-order valence-corrected chi connectivity index (χ3v) is 7.86. The number of nitrogens with zero attached hydrogens (tertiary/aromatic N) is 3. The molecule has 1 aromatic carbocycles. The summed E-state index contributed by atoms with van der Waals surface area (Å²) in [6.07, 6.45) is 6.50. The standard InChI is InChI=1S/C27H36N6O4/c1-18(34)30-25(13-21-14-28-17-29-21)26(35)31-24-7-3-5-20-15-33(16-23(20)24)27(36)19-4-2-6-22(12-19)32-8-10-37-11-9-32/h2,4,6,12,14,17,20,23-25H,3,5,7-11,13,15-16H2,1H3,(H,28,29)(H,30,34)(H,31,35)/t20-,23-,24+,25-/m1/s1. The van der Waals surface area contributed by atoms with Crippen molar-refractivity contribution in [1.29, 1.82) is 0 Å². The van der Waals surface area contributed by atoms with Crippen LogP contribution >= 0.6 is 0 Å². The van der Waals surface area contributed by atoms with E-state index in [1.807, 2.05) is 29.2 Å². The van der Waals surface area contributed by atoms with E-state index in [1.54, 1.807) is 12.5 Å². The molecule has 10 nitrogen and oxygen atoms in total. The lowest BCUT2D eigenvalue weighted by Gasteiger charge is -2.34. The Morgan fingerprint density at radius 3 is 2.78 bits per heavy atom. The molecule has 4 atom stereocenters. The molecule has 3 fully saturated rings. The number of benzene rings is 1. The summed E-state index contributed by atoms with van der Waals surface area (Å²) in [5.41, 5.74) is 2.54. The molecule has 3 aliphatic rings. The summed E-state index contributed by atoms with van der Waals surface area (Å²) in [4.78, 5) is 49.7. The third kappa shape index (κ3) is 5.95. The van der Waals surface area contributed by atoms with Gasteiger partial charge in [-0.3, -0.25) is 14.4 Å². The minimum atomic E-state index is -0.680. The highest BCUT2D eigenvalue weighted by Gasteiger charge is 2.43. The number of aromatic nitrogens is 2. The van der Waals surface area contributed by atoms with Crippen molar-refractivity contribution in [3.8, 4) is 0 Å². The van der Waals surface area contributed by atoms with E-state index in [0.717, 1.165) is 43.7 Å². The molecule has 1 saturated carbocycles. The number of aromatic amines is 1. The zero-order chi connectivity index (χ0) is 25.8. The molecule has 0 spiro atoms.